The van der Waals surface area contributed by atoms with Gasteiger partial charge in [-0.15, -0.1) is 0 Å². The minimum absolute atomic E-state index is 0.0737. The zero-order valence-electron chi connectivity index (χ0n) is 41.2. The van der Waals surface area contributed by atoms with Crippen LogP contribution in [0.5, 0.6) is 0 Å². The van der Waals surface area contributed by atoms with Gasteiger partial charge in [-0.3, -0.25) is 19.2 Å². The van der Waals surface area contributed by atoms with Crippen molar-refractivity contribution in [3.05, 3.63) is 47.6 Å². The lowest BCUT2D eigenvalue weighted by molar-refractivity contribution is -0.265. The largest absolute Gasteiger partial charge is 0.460 e. The van der Waals surface area contributed by atoms with E-state index < -0.39 is 65.7 Å². The molecule has 4 rings (SSSR count). The number of carbonyl (C=O) groups is 5. The van der Waals surface area contributed by atoms with Gasteiger partial charge in [-0.2, -0.15) is 0 Å². The zero-order valence-corrected chi connectivity index (χ0v) is 41.2. The Labute approximate surface area is 393 Å². The van der Waals surface area contributed by atoms with Gasteiger partial charge in [0.25, 0.3) is 11.7 Å². The molecule has 0 aromatic rings. The van der Waals surface area contributed by atoms with E-state index in [-0.39, 0.29) is 86.5 Å². The highest BCUT2D eigenvalue weighted by molar-refractivity contribution is 6.39. The lowest BCUT2D eigenvalue weighted by Crippen LogP contribution is -2.61. The van der Waals surface area contributed by atoms with E-state index in [9.17, 15) is 39.3 Å². The van der Waals surface area contributed by atoms with Crippen molar-refractivity contribution in [2.45, 2.75) is 180 Å². The number of ether oxygens (including phenoxy) is 5. The van der Waals surface area contributed by atoms with Crippen LogP contribution >= 0.6 is 0 Å². The molecule has 2 bridgehead atoms. The maximum atomic E-state index is 14.4. The molecule has 14 nitrogen and oxygen atoms in total. The van der Waals surface area contributed by atoms with Gasteiger partial charge in [0.2, 0.25) is 5.79 Å². The third-order valence-electron chi connectivity index (χ3n) is 14.6. The lowest BCUT2D eigenvalue weighted by Gasteiger charge is -2.42. The van der Waals surface area contributed by atoms with E-state index in [0.717, 1.165) is 12.0 Å². The summed E-state index contributed by atoms with van der Waals surface area (Å²) in [7, 11) is 3.22. The molecule has 3 N–H and O–H groups in total. The maximum absolute atomic E-state index is 14.4. The van der Waals surface area contributed by atoms with Crippen LogP contribution in [0.15, 0.2) is 47.6 Å². The Bertz CT molecular complexity index is 1760. The average molecular weight is 928 g/mol. The predicted octanol–water partition coefficient (Wildman–Crippen LogP) is 6.57. The molecule has 2 saturated heterocycles. The van der Waals surface area contributed by atoms with Crippen molar-refractivity contribution in [1.29, 1.82) is 0 Å². The molecule has 2 unspecified atom stereocenters. The molecule has 3 fully saturated rings. The van der Waals surface area contributed by atoms with Crippen molar-refractivity contribution in [2.24, 2.45) is 35.5 Å². The van der Waals surface area contributed by atoms with Gasteiger partial charge in [-0.25, -0.2) is 4.79 Å². The summed E-state index contributed by atoms with van der Waals surface area (Å²) in [6.07, 6.45) is 13.8. The highest BCUT2D eigenvalue weighted by Crippen LogP contribution is 2.38. The standard InChI is InChI=1S/C52H81NO13/c1-32-15-11-10-12-16-33(2)46(62-8)29-40-20-18-38(7)52(61,66-40)49(58)50(59)53-22-14-13-17-41(53)51(60)65-47(37(6)27-39-19-21-45(64-24-23-54)48(28-39)63-9)31-44(57)36(5)26-35(4)43(56)30-42(55)34(3)25-32/h10-12,15-16,26,32,34,36-41,43,45-48,54,56,61H,13-14,17-25,27-31H2,1-9H3/b12-10+,15-11+,33-16+,35-26+/t32-,34?,36-,37+,38-,39+,40+,41?,43+,45-,46+,47+,48-,52-/m1/s1. The number of ketones is 3. The molecule has 66 heavy (non-hydrogen) atoms. The van der Waals surface area contributed by atoms with Crippen LogP contribution < -0.4 is 0 Å². The first-order valence-corrected chi connectivity index (χ1v) is 24.5. The van der Waals surface area contributed by atoms with Gasteiger partial charge in [-0.1, -0.05) is 71.1 Å². The van der Waals surface area contributed by atoms with Crippen molar-refractivity contribution in [3.63, 3.8) is 0 Å². The van der Waals surface area contributed by atoms with Crippen molar-refractivity contribution in [1.82, 2.24) is 4.90 Å². The molecule has 0 radical (unpaired) electrons. The minimum Gasteiger partial charge on any atom is -0.460 e. The van der Waals surface area contributed by atoms with Crippen molar-refractivity contribution in [3.8, 4) is 0 Å². The molecule has 4 aliphatic rings. The number of hydrogen-bond donors (Lipinski definition) is 3. The van der Waals surface area contributed by atoms with Crippen LogP contribution in [0.1, 0.15) is 132 Å². The molecule has 3 aliphatic heterocycles. The maximum Gasteiger partial charge on any atom is 0.329 e. The molecule has 1 amide bonds. The number of carbonyl (C=O) groups excluding carboxylic acids is 5. The topological polar surface area (TPSA) is 195 Å². The number of hydrogen-bond acceptors (Lipinski definition) is 13. The van der Waals surface area contributed by atoms with Crippen LogP contribution in [-0.2, 0) is 47.7 Å². The molecule has 3 heterocycles. The predicted molar refractivity (Wildman–Crippen MR) is 250 cm³/mol. The van der Waals surface area contributed by atoms with Gasteiger partial charge in [0.05, 0.1) is 43.7 Å². The van der Waals surface area contributed by atoms with E-state index in [1.54, 1.807) is 41.1 Å². The van der Waals surface area contributed by atoms with Gasteiger partial charge in [-0.05, 0) is 107 Å². The summed E-state index contributed by atoms with van der Waals surface area (Å²) in [6, 6.07) is -1.13. The van der Waals surface area contributed by atoms with Gasteiger partial charge in [0.15, 0.2) is 0 Å². The lowest BCUT2D eigenvalue weighted by atomic mass is 9.78. The second-order valence-electron chi connectivity index (χ2n) is 19.8. The summed E-state index contributed by atoms with van der Waals surface area (Å²) in [5, 5.41) is 32.4. The summed E-state index contributed by atoms with van der Waals surface area (Å²) in [5.41, 5.74) is 1.39. The normalized spacial score (nSPS) is 38.8. The van der Waals surface area contributed by atoms with Crippen LogP contribution in [0.3, 0.4) is 0 Å². The Morgan fingerprint density at radius 2 is 1.59 bits per heavy atom. The van der Waals surface area contributed by atoms with Crippen molar-refractivity contribution >= 4 is 29.2 Å². The van der Waals surface area contributed by atoms with E-state index in [2.05, 4.69) is 0 Å². The van der Waals surface area contributed by atoms with Gasteiger partial charge in [0, 0.05) is 57.8 Å². The molecule has 1 saturated carbocycles. The van der Waals surface area contributed by atoms with E-state index in [0.29, 0.717) is 63.4 Å². The Balaban J connectivity index is 1.66. The molecule has 14 atom stereocenters. The van der Waals surface area contributed by atoms with Crippen LogP contribution in [0.2, 0.25) is 0 Å². The number of esters is 1. The number of aliphatic hydroxyl groups excluding tert-OH is 2. The summed E-state index contributed by atoms with van der Waals surface area (Å²) in [5.74, 6) is -7.37. The quantitative estimate of drug-likeness (QED) is 0.135. The van der Waals surface area contributed by atoms with Crippen LogP contribution in [0.4, 0.5) is 0 Å². The Morgan fingerprint density at radius 3 is 2.29 bits per heavy atom. The molecule has 0 spiro atoms. The Kier molecular flexibility index (Phi) is 22.1. The summed E-state index contributed by atoms with van der Waals surface area (Å²) < 4.78 is 29.9. The molecule has 0 aromatic carbocycles. The number of Topliss-reactive ketones (excluding diaryl/α,β-unsaturated/α-hetero) is 3. The number of nitrogens with zero attached hydrogens (tertiary/aromatic N) is 1. The number of rotatable bonds is 8. The summed E-state index contributed by atoms with van der Waals surface area (Å²) in [4.78, 5) is 71.5. The van der Waals surface area contributed by atoms with Gasteiger partial charge < -0.3 is 43.9 Å². The third kappa shape index (κ3) is 15.3. The monoisotopic (exact) mass is 928 g/mol. The number of piperidine rings is 1. The van der Waals surface area contributed by atoms with Crippen LogP contribution in [0.25, 0.3) is 0 Å². The number of amides is 1. The first-order valence-electron chi connectivity index (χ1n) is 24.5. The molecular formula is C52H81NO13. The second kappa shape index (κ2) is 26.4. The number of allylic oxidation sites excluding steroid dienone is 6. The first-order chi connectivity index (χ1) is 31.3. The van der Waals surface area contributed by atoms with E-state index in [4.69, 9.17) is 23.7 Å². The molecule has 0 aromatic heterocycles. The summed E-state index contributed by atoms with van der Waals surface area (Å²) >= 11 is 0. The van der Waals surface area contributed by atoms with E-state index in [1.165, 1.54) is 4.90 Å². The number of fused-ring (bicyclic) bond motifs is 3. The molecule has 14 heteroatoms. The molecule has 372 valence electrons. The second-order valence-corrected chi connectivity index (χ2v) is 19.8. The van der Waals surface area contributed by atoms with E-state index >= 15 is 0 Å². The Morgan fingerprint density at radius 1 is 0.848 bits per heavy atom. The minimum atomic E-state index is -2.42. The fraction of sp³-hybridized carbons (Fsp3) is 0.750. The third-order valence-corrected chi connectivity index (χ3v) is 14.6. The zero-order chi connectivity index (χ0) is 48.7. The van der Waals surface area contributed by atoms with Gasteiger partial charge >= 0.3 is 5.97 Å². The Hall–Kier alpha value is -3.37. The summed E-state index contributed by atoms with van der Waals surface area (Å²) in [6.45, 7) is 13.1. The van der Waals surface area contributed by atoms with Crippen LogP contribution in [0, 0.1) is 35.5 Å². The van der Waals surface area contributed by atoms with Gasteiger partial charge in [0.1, 0.15) is 23.7 Å². The SMILES string of the molecule is CO[C@H]1C[C@@H]2CC[C@@H](C)[C@@](O)(O2)C(=O)C(=O)N2CCCCC2C(=O)O[C@H]([C@@H](C)C[C@@H]2CC[C@@H](OCCO)[C@H](OC)C2)CC(=O)[C@H](C)/C=C(\C)[C@@H](O)CC(=O)C(C)C[C@H](C)/C=C/C=C/C=C/1C. The highest BCUT2D eigenvalue weighted by atomic mass is 16.6. The number of methoxy groups -OCH3 is 2. The molecular weight excluding hydrogens is 847 g/mol. The number of cyclic esters (lactones) is 1. The fourth-order valence-electron chi connectivity index (χ4n) is 10.2. The first kappa shape index (κ1) is 55.2. The van der Waals surface area contributed by atoms with Crippen molar-refractivity contribution < 1.29 is 63.0 Å². The van der Waals surface area contributed by atoms with E-state index in [1.807, 2.05) is 58.1 Å². The molecule has 1 aliphatic carbocycles. The highest BCUT2D eigenvalue weighted by Gasteiger charge is 2.53. The fourth-order valence-corrected chi connectivity index (χ4v) is 10.2. The van der Waals surface area contributed by atoms with Crippen LogP contribution in [-0.4, -0.2) is 132 Å². The average Bonchev–Trinajstić information content (AvgIpc) is 3.29. The smallest absolute Gasteiger partial charge is 0.329 e. The number of aliphatic hydroxyl groups is 3. The van der Waals surface area contributed by atoms with Crippen molar-refractivity contribution in [2.75, 3.05) is 34.0 Å².